The molecule has 8 heteroatoms. The van der Waals surface area contributed by atoms with E-state index in [1.54, 1.807) is 30.3 Å². The van der Waals surface area contributed by atoms with Crippen molar-refractivity contribution >= 4 is 16.0 Å². The van der Waals surface area contributed by atoms with Crippen molar-refractivity contribution in [3.8, 4) is 5.75 Å². The lowest BCUT2D eigenvalue weighted by Crippen LogP contribution is -2.40. The molecule has 0 N–H and O–H groups in total. The first-order chi connectivity index (χ1) is 13.9. The van der Waals surface area contributed by atoms with Crippen LogP contribution in [0.1, 0.15) is 25.3 Å². The van der Waals surface area contributed by atoms with E-state index in [-0.39, 0.29) is 24.6 Å². The second-order valence-electron chi connectivity index (χ2n) is 6.78. The molecule has 6 nitrogen and oxygen atoms in total. The molecule has 2 aromatic carbocycles. The maximum Gasteiger partial charge on any atom is 0.309 e. The van der Waals surface area contributed by atoms with E-state index in [0.717, 1.165) is 0 Å². The second-order valence-corrected chi connectivity index (χ2v) is 8.72. The number of esters is 1. The molecule has 156 valence electrons. The van der Waals surface area contributed by atoms with Gasteiger partial charge in [-0.05, 0) is 50.1 Å². The summed E-state index contributed by atoms with van der Waals surface area (Å²) in [7, 11) is -3.63. The zero-order valence-electron chi connectivity index (χ0n) is 16.2. The minimum Gasteiger partial charge on any atom is -0.494 e. The summed E-state index contributed by atoms with van der Waals surface area (Å²) in [5.41, 5.74) is 0.316. The molecule has 1 fully saturated rings. The molecule has 0 aliphatic carbocycles. The van der Waals surface area contributed by atoms with E-state index in [0.29, 0.717) is 30.8 Å². The van der Waals surface area contributed by atoms with Gasteiger partial charge in [0.25, 0.3) is 0 Å². The van der Waals surface area contributed by atoms with E-state index in [1.807, 2.05) is 6.92 Å². The molecule has 0 saturated carbocycles. The number of carbonyl (C=O) groups is 1. The number of ether oxygens (including phenoxy) is 2. The first-order valence-corrected chi connectivity index (χ1v) is 11.0. The highest BCUT2D eigenvalue weighted by atomic mass is 32.2. The fraction of sp³-hybridized carbons (Fsp3) is 0.381. The van der Waals surface area contributed by atoms with Gasteiger partial charge in [-0.2, -0.15) is 4.31 Å². The number of hydrogen-bond donors (Lipinski definition) is 0. The van der Waals surface area contributed by atoms with Crippen LogP contribution in [0.15, 0.2) is 53.4 Å². The third kappa shape index (κ3) is 5.13. The van der Waals surface area contributed by atoms with Crippen LogP contribution in [0, 0.1) is 11.7 Å². The van der Waals surface area contributed by atoms with Crippen LogP contribution < -0.4 is 4.74 Å². The number of benzene rings is 2. The summed E-state index contributed by atoms with van der Waals surface area (Å²) in [6, 6.07) is 12.4. The standard InChI is InChI=1S/C21H24FNO5S/c1-2-27-18-7-9-19(10-8-18)29(25,26)23-13-11-16(12-14-23)21(24)28-15-17-5-3-4-6-20(17)22/h3-10,16H,2,11-15H2,1H3. The van der Waals surface area contributed by atoms with Crippen molar-refractivity contribution in [3.63, 3.8) is 0 Å². The molecular weight excluding hydrogens is 397 g/mol. The van der Waals surface area contributed by atoms with Gasteiger partial charge in [0.2, 0.25) is 10.0 Å². The van der Waals surface area contributed by atoms with Crippen LogP contribution in [-0.2, 0) is 26.2 Å². The molecule has 0 atom stereocenters. The number of rotatable bonds is 7. The molecule has 29 heavy (non-hydrogen) atoms. The molecule has 3 rings (SSSR count). The SMILES string of the molecule is CCOc1ccc(S(=O)(=O)N2CCC(C(=O)OCc3ccccc3F)CC2)cc1. The van der Waals surface area contributed by atoms with Gasteiger partial charge in [0.05, 0.1) is 17.4 Å². The Bertz CT molecular complexity index is 938. The third-order valence-corrected chi connectivity index (χ3v) is 6.80. The van der Waals surface area contributed by atoms with Gasteiger partial charge in [-0.15, -0.1) is 0 Å². The van der Waals surface area contributed by atoms with Gasteiger partial charge in [-0.25, -0.2) is 12.8 Å². The normalized spacial score (nSPS) is 15.8. The molecular formula is C21H24FNO5S. The lowest BCUT2D eigenvalue weighted by atomic mass is 9.98. The monoisotopic (exact) mass is 421 g/mol. The molecule has 1 saturated heterocycles. The largest absolute Gasteiger partial charge is 0.494 e. The van der Waals surface area contributed by atoms with Gasteiger partial charge in [0.1, 0.15) is 18.2 Å². The zero-order chi connectivity index (χ0) is 20.9. The van der Waals surface area contributed by atoms with Crippen molar-refractivity contribution in [1.29, 1.82) is 0 Å². The highest BCUT2D eigenvalue weighted by Crippen LogP contribution is 2.26. The molecule has 0 aromatic heterocycles. The fourth-order valence-electron chi connectivity index (χ4n) is 3.24. The van der Waals surface area contributed by atoms with Gasteiger partial charge in [-0.3, -0.25) is 4.79 Å². The predicted molar refractivity (Wildman–Crippen MR) is 105 cm³/mol. The number of nitrogens with zero attached hydrogens (tertiary/aromatic N) is 1. The van der Waals surface area contributed by atoms with Crippen LogP contribution in [-0.4, -0.2) is 38.4 Å². The van der Waals surface area contributed by atoms with Crippen molar-refractivity contribution in [2.75, 3.05) is 19.7 Å². The first kappa shape index (κ1) is 21.3. The van der Waals surface area contributed by atoms with E-state index < -0.39 is 27.7 Å². The molecule has 0 unspecified atom stereocenters. The topological polar surface area (TPSA) is 72.9 Å². The Morgan fingerprint density at radius 2 is 1.76 bits per heavy atom. The molecule has 1 aliphatic heterocycles. The Morgan fingerprint density at radius 1 is 1.10 bits per heavy atom. The Labute approximate surface area is 170 Å². The van der Waals surface area contributed by atoms with Crippen molar-refractivity contribution in [2.45, 2.75) is 31.3 Å². The Balaban J connectivity index is 1.55. The van der Waals surface area contributed by atoms with Crippen LogP contribution in [0.2, 0.25) is 0 Å². The average molecular weight is 421 g/mol. The Kier molecular flexibility index (Phi) is 6.87. The zero-order valence-corrected chi connectivity index (χ0v) is 17.0. The minimum atomic E-state index is -3.63. The Morgan fingerprint density at radius 3 is 2.38 bits per heavy atom. The van der Waals surface area contributed by atoms with Gasteiger partial charge in [0.15, 0.2) is 0 Å². The molecule has 1 heterocycles. The van der Waals surface area contributed by atoms with Crippen LogP contribution in [0.25, 0.3) is 0 Å². The number of piperidine rings is 1. The summed E-state index contributed by atoms with van der Waals surface area (Å²) in [6.45, 7) is 2.70. The van der Waals surface area contributed by atoms with E-state index >= 15 is 0 Å². The second kappa shape index (κ2) is 9.37. The van der Waals surface area contributed by atoms with Gasteiger partial charge in [0, 0.05) is 18.7 Å². The molecule has 1 aliphatic rings. The van der Waals surface area contributed by atoms with Crippen LogP contribution in [0.5, 0.6) is 5.75 Å². The summed E-state index contributed by atoms with van der Waals surface area (Å²) >= 11 is 0. The van der Waals surface area contributed by atoms with Crippen molar-refractivity contribution in [2.24, 2.45) is 5.92 Å². The summed E-state index contributed by atoms with van der Waals surface area (Å²) < 4.78 is 51.2. The van der Waals surface area contributed by atoms with Crippen LogP contribution in [0.3, 0.4) is 0 Å². The maximum atomic E-state index is 13.6. The molecule has 0 radical (unpaired) electrons. The number of hydrogen-bond acceptors (Lipinski definition) is 5. The predicted octanol–water partition coefficient (Wildman–Crippen LogP) is 3.37. The van der Waals surface area contributed by atoms with E-state index in [9.17, 15) is 17.6 Å². The smallest absolute Gasteiger partial charge is 0.309 e. The molecule has 0 amide bonds. The summed E-state index contributed by atoms with van der Waals surface area (Å²) in [5, 5.41) is 0. The van der Waals surface area contributed by atoms with Gasteiger partial charge in [-0.1, -0.05) is 18.2 Å². The number of halogens is 1. The first-order valence-electron chi connectivity index (χ1n) is 9.55. The van der Waals surface area contributed by atoms with E-state index in [2.05, 4.69) is 0 Å². The minimum absolute atomic E-state index is 0.129. The van der Waals surface area contributed by atoms with Gasteiger partial charge >= 0.3 is 5.97 Å². The van der Waals surface area contributed by atoms with Crippen molar-refractivity contribution in [3.05, 3.63) is 59.9 Å². The average Bonchev–Trinajstić information content (AvgIpc) is 2.74. The summed E-state index contributed by atoms with van der Waals surface area (Å²) in [6.07, 6.45) is 0.735. The van der Waals surface area contributed by atoms with E-state index in [4.69, 9.17) is 9.47 Å². The molecule has 0 spiro atoms. The highest BCUT2D eigenvalue weighted by Gasteiger charge is 2.32. The Hall–Kier alpha value is -2.45. The third-order valence-electron chi connectivity index (χ3n) is 4.89. The summed E-state index contributed by atoms with van der Waals surface area (Å²) in [5.74, 6) is -0.626. The highest BCUT2D eigenvalue weighted by molar-refractivity contribution is 7.89. The number of carbonyl (C=O) groups excluding carboxylic acids is 1. The summed E-state index contributed by atoms with van der Waals surface area (Å²) in [4.78, 5) is 12.5. The van der Waals surface area contributed by atoms with E-state index in [1.165, 1.54) is 22.5 Å². The molecule has 0 bridgehead atoms. The quantitative estimate of drug-likeness (QED) is 0.641. The number of sulfonamides is 1. The fourth-order valence-corrected chi connectivity index (χ4v) is 4.71. The van der Waals surface area contributed by atoms with Crippen molar-refractivity contribution in [1.82, 2.24) is 4.31 Å². The lowest BCUT2D eigenvalue weighted by Gasteiger charge is -2.30. The lowest BCUT2D eigenvalue weighted by molar-refractivity contribution is -0.151. The van der Waals surface area contributed by atoms with Gasteiger partial charge < -0.3 is 9.47 Å². The van der Waals surface area contributed by atoms with Crippen LogP contribution >= 0.6 is 0 Å². The molecule has 2 aromatic rings. The van der Waals surface area contributed by atoms with Crippen LogP contribution in [0.4, 0.5) is 4.39 Å². The van der Waals surface area contributed by atoms with Crippen molar-refractivity contribution < 1.29 is 27.1 Å². The maximum absolute atomic E-state index is 13.6.